The van der Waals surface area contributed by atoms with E-state index in [0.29, 0.717) is 17.9 Å². The lowest BCUT2D eigenvalue weighted by atomic mass is 10.2. The van der Waals surface area contributed by atoms with Crippen LogP contribution in [-0.2, 0) is 14.8 Å². The number of aromatic nitrogens is 1. The number of esters is 1. The second-order valence-electron chi connectivity index (χ2n) is 4.86. The molecule has 128 valence electrons. The third-order valence-corrected chi connectivity index (χ3v) is 4.37. The quantitative estimate of drug-likeness (QED) is 0.746. The normalized spacial score (nSPS) is 10.9. The van der Waals surface area contributed by atoms with Crippen molar-refractivity contribution in [3.8, 4) is 0 Å². The highest BCUT2D eigenvalue weighted by Crippen LogP contribution is 2.18. The van der Waals surface area contributed by atoms with E-state index in [4.69, 9.17) is 4.74 Å². The molecule has 24 heavy (non-hydrogen) atoms. The fourth-order valence-electron chi connectivity index (χ4n) is 1.83. The van der Waals surface area contributed by atoms with E-state index in [1.165, 1.54) is 6.20 Å². The van der Waals surface area contributed by atoms with E-state index in [1.807, 2.05) is 0 Å². The number of benzene rings is 1. The van der Waals surface area contributed by atoms with E-state index < -0.39 is 10.0 Å². The number of rotatable bonds is 7. The maximum absolute atomic E-state index is 11.6. The zero-order valence-corrected chi connectivity index (χ0v) is 14.3. The van der Waals surface area contributed by atoms with Gasteiger partial charge in [0.1, 0.15) is 5.82 Å². The van der Waals surface area contributed by atoms with Gasteiger partial charge in [-0.05, 0) is 50.2 Å². The maximum Gasteiger partial charge on any atom is 0.338 e. The molecule has 7 nitrogen and oxygen atoms in total. The summed E-state index contributed by atoms with van der Waals surface area (Å²) in [5, 5.41) is 3.11. The van der Waals surface area contributed by atoms with Gasteiger partial charge in [-0.1, -0.05) is 0 Å². The summed E-state index contributed by atoms with van der Waals surface area (Å²) in [5.41, 5.74) is 1.94. The molecule has 1 aromatic heterocycles. The van der Waals surface area contributed by atoms with E-state index in [1.54, 1.807) is 50.2 Å². The number of pyridine rings is 1. The van der Waals surface area contributed by atoms with Crippen molar-refractivity contribution in [3.63, 3.8) is 0 Å². The summed E-state index contributed by atoms with van der Waals surface area (Å²) in [6.07, 6.45) is 1.52. The molecule has 0 radical (unpaired) electrons. The molecule has 0 saturated carbocycles. The molecule has 0 aliphatic carbocycles. The average molecular weight is 349 g/mol. The van der Waals surface area contributed by atoms with Crippen LogP contribution in [0.25, 0.3) is 0 Å². The minimum Gasteiger partial charge on any atom is -0.462 e. The number of carbonyl (C=O) groups is 1. The molecule has 0 saturated heterocycles. The lowest BCUT2D eigenvalue weighted by Gasteiger charge is -2.09. The molecule has 0 atom stereocenters. The predicted molar refractivity (Wildman–Crippen MR) is 93.0 cm³/mol. The van der Waals surface area contributed by atoms with Crippen molar-refractivity contribution in [2.45, 2.75) is 13.8 Å². The van der Waals surface area contributed by atoms with E-state index in [9.17, 15) is 13.2 Å². The van der Waals surface area contributed by atoms with Crippen LogP contribution in [0.15, 0.2) is 42.6 Å². The van der Waals surface area contributed by atoms with Gasteiger partial charge >= 0.3 is 5.97 Å². The van der Waals surface area contributed by atoms with Crippen molar-refractivity contribution < 1.29 is 17.9 Å². The summed E-state index contributed by atoms with van der Waals surface area (Å²) in [6.45, 7) is 3.64. The largest absolute Gasteiger partial charge is 0.462 e. The van der Waals surface area contributed by atoms with Crippen LogP contribution in [0.1, 0.15) is 24.2 Å². The minimum atomic E-state index is -3.34. The van der Waals surface area contributed by atoms with Gasteiger partial charge in [0.15, 0.2) is 0 Å². The number of carbonyl (C=O) groups excluding carboxylic acids is 1. The molecule has 0 fully saturated rings. The van der Waals surface area contributed by atoms with Crippen molar-refractivity contribution in [1.29, 1.82) is 0 Å². The molecule has 1 heterocycles. The standard InChI is InChI=1S/C16H19N3O4S/c1-3-23-16(20)12-5-7-13(8-6-12)18-14-9-10-15(17-11-14)19-24(21,22)4-2/h5-11,18H,3-4H2,1-2H3,(H,17,19). The molecular formula is C16H19N3O4S. The summed E-state index contributed by atoms with van der Waals surface area (Å²) >= 11 is 0. The molecule has 2 N–H and O–H groups in total. The molecule has 2 rings (SSSR count). The summed E-state index contributed by atoms with van der Waals surface area (Å²) in [5.74, 6) is -0.111. The number of nitrogens with one attached hydrogen (secondary N) is 2. The zero-order chi connectivity index (χ0) is 17.6. The first kappa shape index (κ1) is 17.7. The molecule has 0 bridgehead atoms. The van der Waals surface area contributed by atoms with Crippen molar-refractivity contribution >= 4 is 33.2 Å². The molecule has 1 aromatic carbocycles. The molecule has 0 spiro atoms. The second kappa shape index (κ2) is 7.78. The topological polar surface area (TPSA) is 97.4 Å². The van der Waals surface area contributed by atoms with Gasteiger partial charge < -0.3 is 10.1 Å². The number of sulfonamides is 1. The van der Waals surface area contributed by atoms with Gasteiger partial charge in [-0.3, -0.25) is 4.72 Å². The van der Waals surface area contributed by atoms with E-state index in [0.717, 1.165) is 5.69 Å². The third-order valence-electron chi connectivity index (χ3n) is 3.09. The van der Waals surface area contributed by atoms with Crippen LogP contribution in [0, 0.1) is 0 Å². The highest BCUT2D eigenvalue weighted by Gasteiger charge is 2.08. The second-order valence-corrected chi connectivity index (χ2v) is 6.87. The highest BCUT2D eigenvalue weighted by molar-refractivity contribution is 7.92. The summed E-state index contributed by atoms with van der Waals surface area (Å²) in [7, 11) is -3.34. The smallest absolute Gasteiger partial charge is 0.338 e. The van der Waals surface area contributed by atoms with Crippen LogP contribution in [0.4, 0.5) is 17.2 Å². The van der Waals surface area contributed by atoms with Crippen LogP contribution in [0.3, 0.4) is 0 Å². The van der Waals surface area contributed by atoms with Crippen LogP contribution in [-0.4, -0.2) is 31.7 Å². The van der Waals surface area contributed by atoms with Crippen molar-refractivity contribution in [2.24, 2.45) is 0 Å². The Kier molecular flexibility index (Phi) is 5.75. The Morgan fingerprint density at radius 1 is 1.08 bits per heavy atom. The Bertz CT molecular complexity index is 787. The van der Waals surface area contributed by atoms with Crippen LogP contribution in [0.2, 0.25) is 0 Å². The van der Waals surface area contributed by atoms with Gasteiger partial charge in [0, 0.05) is 5.69 Å². The van der Waals surface area contributed by atoms with Gasteiger partial charge in [-0.25, -0.2) is 18.2 Å². The van der Waals surface area contributed by atoms with Gasteiger partial charge in [0.25, 0.3) is 0 Å². The van der Waals surface area contributed by atoms with Gasteiger partial charge in [-0.15, -0.1) is 0 Å². The van der Waals surface area contributed by atoms with Crippen LogP contribution in [0.5, 0.6) is 0 Å². The number of hydrogen-bond acceptors (Lipinski definition) is 6. The lowest BCUT2D eigenvalue weighted by molar-refractivity contribution is 0.0526. The summed E-state index contributed by atoms with van der Waals surface area (Å²) in [4.78, 5) is 15.6. The lowest BCUT2D eigenvalue weighted by Crippen LogP contribution is -2.15. The number of anilines is 3. The van der Waals surface area contributed by atoms with Crippen LogP contribution < -0.4 is 10.0 Å². The molecule has 0 unspecified atom stereocenters. The fraction of sp³-hybridized carbons (Fsp3) is 0.250. The first-order valence-electron chi connectivity index (χ1n) is 7.44. The Balaban J connectivity index is 2.02. The predicted octanol–water partition coefficient (Wildman–Crippen LogP) is 2.76. The van der Waals surface area contributed by atoms with Crippen molar-refractivity contribution in [3.05, 3.63) is 48.2 Å². The van der Waals surface area contributed by atoms with E-state index in [2.05, 4.69) is 15.0 Å². The van der Waals surface area contributed by atoms with Crippen molar-refractivity contribution in [2.75, 3.05) is 22.4 Å². The van der Waals surface area contributed by atoms with Crippen molar-refractivity contribution in [1.82, 2.24) is 4.98 Å². The van der Waals surface area contributed by atoms with Gasteiger partial charge in [-0.2, -0.15) is 0 Å². The first-order valence-corrected chi connectivity index (χ1v) is 9.09. The first-order chi connectivity index (χ1) is 11.4. The molecule has 0 amide bonds. The Morgan fingerprint density at radius 2 is 1.75 bits per heavy atom. The van der Waals surface area contributed by atoms with Crippen LogP contribution >= 0.6 is 0 Å². The third kappa shape index (κ3) is 4.95. The Hall–Kier alpha value is -2.61. The summed E-state index contributed by atoms with van der Waals surface area (Å²) in [6, 6.07) is 10.1. The SMILES string of the molecule is CCOC(=O)c1ccc(Nc2ccc(NS(=O)(=O)CC)nc2)cc1. The Labute approximate surface area is 141 Å². The number of hydrogen-bond donors (Lipinski definition) is 2. The number of nitrogens with zero attached hydrogens (tertiary/aromatic N) is 1. The van der Waals surface area contributed by atoms with E-state index >= 15 is 0 Å². The Morgan fingerprint density at radius 3 is 2.29 bits per heavy atom. The zero-order valence-electron chi connectivity index (χ0n) is 13.4. The minimum absolute atomic E-state index is 0.0124. The molecule has 0 aliphatic rings. The maximum atomic E-state index is 11.6. The molecule has 0 aliphatic heterocycles. The molecule has 8 heteroatoms. The van der Waals surface area contributed by atoms with E-state index in [-0.39, 0.29) is 17.5 Å². The highest BCUT2D eigenvalue weighted by atomic mass is 32.2. The van der Waals surface area contributed by atoms with Gasteiger partial charge in [0.05, 0.1) is 29.8 Å². The monoisotopic (exact) mass is 349 g/mol. The molecule has 2 aromatic rings. The average Bonchev–Trinajstić information content (AvgIpc) is 2.57. The summed E-state index contributed by atoms with van der Waals surface area (Å²) < 4.78 is 30.2. The number of ether oxygens (including phenoxy) is 1. The fourth-order valence-corrected chi connectivity index (χ4v) is 2.41. The molecular weight excluding hydrogens is 330 g/mol. The van der Waals surface area contributed by atoms with Gasteiger partial charge in [0.2, 0.25) is 10.0 Å².